The highest BCUT2D eigenvalue weighted by molar-refractivity contribution is 7.97. The summed E-state index contributed by atoms with van der Waals surface area (Å²) >= 11 is 0. The van der Waals surface area contributed by atoms with Gasteiger partial charge in [-0.25, -0.2) is 8.42 Å². The highest BCUT2D eigenvalue weighted by Gasteiger charge is 2.30. The summed E-state index contributed by atoms with van der Waals surface area (Å²) in [5, 5.41) is 9.68. The van der Waals surface area contributed by atoms with Crippen molar-refractivity contribution >= 4 is 21.0 Å². The van der Waals surface area contributed by atoms with Crippen molar-refractivity contribution in [1.82, 2.24) is 0 Å². The van der Waals surface area contributed by atoms with Crippen molar-refractivity contribution in [3.8, 4) is 5.75 Å². The van der Waals surface area contributed by atoms with Crippen LogP contribution in [0.1, 0.15) is 29.5 Å². The van der Waals surface area contributed by atoms with E-state index in [2.05, 4.69) is 12.1 Å². The molecule has 1 aliphatic heterocycles. The van der Waals surface area contributed by atoms with Gasteiger partial charge in [0.2, 0.25) is 0 Å². The first kappa shape index (κ1) is 22.6. The number of phenols is 1. The molecule has 0 atom stereocenters. The van der Waals surface area contributed by atoms with Crippen LogP contribution < -0.4 is 0 Å². The van der Waals surface area contributed by atoms with E-state index in [-0.39, 0.29) is 0 Å². The Bertz CT molecular complexity index is 894. The maximum Gasteiger partial charge on any atom is 0.416 e. The number of aryl methyl sites for hydroxylation is 2. The first-order chi connectivity index (χ1) is 12.9. The maximum absolute atomic E-state index is 12.0. The van der Waals surface area contributed by atoms with E-state index in [4.69, 9.17) is 0 Å². The van der Waals surface area contributed by atoms with E-state index in [1.165, 1.54) is 29.2 Å². The van der Waals surface area contributed by atoms with E-state index < -0.39 is 26.8 Å². The summed E-state index contributed by atoms with van der Waals surface area (Å²) in [6.07, 6.45) is -1.78. The summed E-state index contributed by atoms with van der Waals surface area (Å²) in [7, 11) is -4.21. The van der Waals surface area contributed by atoms with E-state index in [0.29, 0.717) is 40.9 Å². The molecule has 1 aliphatic rings. The van der Waals surface area contributed by atoms with Gasteiger partial charge >= 0.3 is 6.18 Å². The Labute approximate surface area is 165 Å². The Morgan fingerprint density at radius 1 is 1.00 bits per heavy atom. The zero-order valence-electron chi connectivity index (χ0n) is 15.4. The minimum Gasteiger partial charge on any atom is -0.744 e. The second-order valence-corrected chi connectivity index (χ2v) is 10.1. The van der Waals surface area contributed by atoms with Crippen LogP contribution in [0.2, 0.25) is 0 Å². The summed E-state index contributed by atoms with van der Waals surface area (Å²) in [4.78, 5) is 0.779. The first-order valence-corrected chi connectivity index (χ1v) is 11.5. The van der Waals surface area contributed by atoms with Gasteiger partial charge < -0.3 is 9.66 Å². The molecule has 2 aromatic rings. The van der Waals surface area contributed by atoms with Gasteiger partial charge in [0.15, 0.2) is 4.90 Å². The van der Waals surface area contributed by atoms with Gasteiger partial charge in [0, 0.05) is 10.9 Å². The summed E-state index contributed by atoms with van der Waals surface area (Å²) < 4.78 is 67.0. The average molecular weight is 435 g/mol. The summed E-state index contributed by atoms with van der Waals surface area (Å²) in [6, 6.07) is 6.68. The van der Waals surface area contributed by atoms with Crippen LogP contribution in [-0.2, 0) is 27.2 Å². The first-order valence-electron chi connectivity index (χ1n) is 8.50. The van der Waals surface area contributed by atoms with Gasteiger partial charge in [-0.2, -0.15) is 13.2 Å². The third-order valence-electron chi connectivity index (χ3n) is 4.30. The fourth-order valence-corrected chi connectivity index (χ4v) is 5.72. The molecule has 28 heavy (non-hydrogen) atoms. The lowest BCUT2D eigenvalue weighted by Gasteiger charge is -2.09. The van der Waals surface area contributed by atoms with Crippen LogP contribution in [0.3, 0.4) is 0 Å². The molecule has 0 bridgehead atoms. The van der Waals surface area contributed by atoms with Crippen molar-refractivity contribution in [2.45, 2.75) is 42.7 Å². The highest BCUT2D eigenvalue weighted by Crippen LogP contribution is 2.30. The smallest absolute Gasteiger partial charge is 0.416 e. The Kier molecular flexibility index (Phi) is 7.06. The number of phenolic OH excluding ortho intramolecular Hbond substituents is 1. The Hall–Kier alpha value is -1.71. The molecule has 0 spiro atoms. The van der Waals surface area contributed by atoms with E-state index in [1.807, 2.05) is 13.8 Å². The van der Waals surface area contributed by atoms with E-state index in [0.717, 1.165) is 11.1 Å². The van der Waals surface area contributed by atoms with Crippen LogP contribution in [-0.4, -0.2) is 29.6 Å². The zero-order valence-corrected chi connectivity index (χ0v) is 17.0. The molecule has 3 rings (SSSR count). The fraction of sp³-hybridized carbons (Fsp3) is 0.368. The van der Waals surface area contributed by atoms with Crippen molar-refractivity contribution < 1.29 is 31.2 Å². The Balaban J connectivity index is 0.000000200. The number of benzene rings is 2. The molecule has 0 amide bonds. The second-order valence-electron chi connectivity index (χ2n) is 6.49. The van der Waals surface area contributed by atoms with E-state index >= 15 is 0 Å². The molecule has 0 unspecified atom stereocenters. The van der Waals surface area contributed by atoms with Crippen molar-refractivity contribution in [1.29, 1.82) is 0 Å². The minimum atomic E-state index is -4.68. The van der Waals surface area contributed by atoms with Gasteiger partial charge in [-0.1, -0.05) is 0 Å². The average Bonchev–Trinajstić information content (AvgIpc) is 3.13. The number of hydrogen-bond acceptors (Lipinski definition) is 4. The largest absolute Gasteiger partial charge is 0.744 e. The van der Waals surface area contributed by atoms with Gasteiger partial charge in [-0.15, -0.1) is 0 Å². The molecule has 0 saturated carbocycles. The molecule has 0 aromatic heterocycles. The molecule has 1 saturated heterocycles. The Morgan fingerprint density at radius 2 is 1.46 bits per heavy atom. The normalized spacial score (nSPS) is 15.2. The Morgan fingerprint density at radius 3 is 1.86 bits per heavy atom. The zero-order chi connectivity index (χ0) is 21.1. The third-order valence-corrected chi connectivity index (χ3v) is 7.61. The molecule has 1 heterocycles. The SMILES string of the molecule is Cc1cc([S+]2CCCC2)cc(C)c1O.O=S(=O)([O-])c1ccc(C(F)(F)F)cc1. The van der Waals surface area contributed by atoms with Gasteiger partial charge in [0.1, 0.15) is 27.4 Å². The fourth-order valence-electron chi connectivity index (χ4n) is 2.78. The van der Waals surface area contributed by atoms with Crippen molar-refractivity contribution in [2.24, 2.45) is 0 Å². The molecular weight excluding hydrogens is 413 g/mol. The van der Waals surface area contributed by atoms with Gasteiger partial charge in [0.05, 0.1) is 10.5 Å². The lowest BCUT2D eigenvalue weighted by Crippen LogP contribution is -2.05. The second kappa shape index (κ2) is 8.75. The molecule has 4 nitrogen and oxygen atoms in total. The molecule has 1 N–H and O–H groups in total. The molecule has 0 aliphatic carbocycles. The van der Waals surface area contributed by atoms with Crippen LogP contribution in [0.5, 0.6) is 5.75 Å². The number of halogens is 3. The predicted octanol–water partition coefficient (Wildman–Crippen LogP) is 4.39. The lowest BCUT2D eigenvalue weighted by atomic mass is 10.1. The van der Waals surface area contributed by atoms with Gasteiger partial charge in [-0.3, -0.25) is 0 Å². The van der Waals surface area contributed by atoms with Crippen LogP contribution >= 0.6 is 0 Å². The summed E-state index contributed by atoms with van der Waals surface area (Å²) in [6.45, 7) is 3.98. The molecule has 0 radical (unpaired) electrons. The third kappa shape index (κ3) is 5.89. The summed E-state index contributed by atoms with van der Waals surface area (Å²) in [5.41, 5.74) is 1.06. The molecular formula is C19H21F3O4S2. The number of rotatable bonds is 2. The van der Waals surface area contributed by atoms with Crippen LogP contribution in [0.25, 0.3) is 0 Å². The summed E-state index contributed by atoms with van der Waals surface area (Å²) in [5.74, 6) is 3.17. The van der Waals surface area contributed by atoms with Crippen LogP contribution in [0.15, 0.2) is 46.2 Å². The standard InChI is InChI=1S/C12H16OS.C7H5F3O3S/c1-9-7-11(8-10(2)12(9)13)14-5-3-4-6-14;8-7(9,10)5-1-3-6(4-2-5)14(11,12)13/h7-8H,3-6H2,1-2H3;1-4H,(H,11,12,13). The van der Waals surface area contributed by atoms with Gasteiger partial charge in [-0.05, 0) is 74.2 Å². The minimum absolute atomic E-state index is 0.469. The van der Waals surface area contributed by atoms with Gasteiger partial charge in [0.25, 0.3) is 0 Å². The number of aromatic hydroxyl groups is 1. The van der Waals surface area contributed by atoms with E-state index in [9.17, 15) is 31.2 Å². The molecule has 9 heteroatoms. The highest BCUT2D eigenvalue weighted by atomic mass is 32.2. The van der Waals surface area contributed by atoms with Crippen molar-refractivity contribution in [3.63, 3.8) is 0 Å². The number of alkyl halides is 3. The van der Waals surface area contributed by atoms with Crippen molar-refractivity contribution in [2.75, 3.05) is 11.5 Å². The van der Waals surface area contributed by atoms with E-state index in [1.54, 1.807) is 0 Å². The van der Waals surface area contributed by atoms with Crippen LogP contribution in [0, 0.1) is 13.8 Å². The lowest BCUT2D eigenvalue weighted by molar-refractivity contribution is -0.137. The maximum atomic E-state index is 12.0. The molecule has 2 aromatic carbocycles. The monoisotopic (exact) mass is 434 g/mol. The predicted molar refractivity (Wildman–Crippen MR) is 102 cm³/mol. The van der Waals surface area contributed by atoms with Crippen LogP contribution in [0.4, 0.5) is 13.2 Å². The van der Waals surface area contributed by atoms with Crippen molar-refractivity contribution in [3.05, 3.63) is 53.1 Å². The number of hydrogen-bond donors (Lipinski definition) is 1. The molecule has 1 fully saturated rings. The topological polar surface area (TPSA) is 77.4 Å². The molecule has 154 valence electrons. The quantitative estimate of drug-likeness (QED) is 0.562.